The molecule has 2 unspecified atom stereocenters. The molecule has 2 atom stereocenters. The Morgan fingerprint density at radius 3 is 2.71 bits per heavy atom. The van der Waals surface area contributed by atoms with Gasteiger partial charge in [-0.05, 0) is 12.8 Å². The first-order valence-corrected chi connectivity index (χ1v) is 6.07. The monoisotopic (exact) mass is 230 g/mol. The van der Waals surface area contributed by atoms with Crippen molar-refractivity contribution in [1.29, 1.82) is 0 Å². The third-order valence-corrected chi connectivity index (χ3v) is 3.56. The molecule has 0 spiro atoms. The predicted octanol–water partition coefficient (Wildman–Crippen LogP) is 3.24. The minimum absolute atomic E-state index is 0.0395. The molecule has 0 aliphatic carbocycles. The lowest BCUT2D eigenvalue weighted by atomic mass is 9.80. The van der Waals surface area contributed by atoms with Gasteiger partial charge in [-0.1, -0.05) is 43.3 Å². The standard InChI is InChI=1S/C15H18O2/c1-3-12(2)15(10-7-11-17-15)14(16)13-8-5-4-6-9-13/h3-6,8-9,12H,1,7,10-11H2,2H3. The smallest absolute Gasteiger partial charge is 0.195 e. The fourth-order valence-electron chi connectivity index (χ4n) is 2.43. The molecule has 0 saturated carbocycles. The first-order valence-electron chi connectivity index (χ1n) is 6.07. The number of hydrogen-bond acceptors (Lipinski definition) is 2. The van der Waals surface area contributed by atoms with Crippen LogP contribution in [0, 0.1) is 5.92 Å². The van der Waals surface area contributed by atoms with Crippen molar-refractivity contribution in [1.82, 2.24) is 0 Å². The molecule has 0 bridgehead atoms. The number of ether oxygens (including phenoxy) is 1. The minimum Gasteiger partial charge on any atom is -0.366 e. The molecule has 1 saturated heterocycles. The summed E-state index contributed by atoms with van der Waals surface area (Å²) < 4.78 is 5.79. The van der Waals surface area contributed by atoms with Gasteiger partial charge in [0.05, 0.1) is 0 Å². The maximum absolute atomic E-state index is 12.6. The quantitative estimate of drug-likeness (QED) is 0.586. The zero-order valence-electron chi connectivity index (χ0n) is 10.2. The van der Waals surface area contributed by atoms with Crippen LogP contribution in [0.15, 0.2) is 43.0 Å². The van der Waals surface area contributed by atoms with E-state index >= 15 is 0 Å². The molecule has 0 amide bonds. The Labute approximate surface area is 102 Å². The van der Waals surface area contributed by atoms with Gasteiger partial charge in [-0.15, -0.1) is 6.58 Å². The average molecular weight is 230 g/mol. The topological polar surface area (TPSA) is 26.3 Å². The van der Waals surface area contributed by atoms with Crippen molar-refractivity contribution in [2.24, 2.45) is 5.92 Å². The first kappa shape index (κ1) is 12.1. The summed E-state index contributed by atoms with van der Waals surface area (Å²) in [4.78, 5) is 12.6. The molecule has 2 heteroatoms. The first-order chi connectivity index (χ1) is 8.20. The summed E-state index contributed by atoms with van der Waals surface area (Å²) in [5, 5.41) is 0. The van der Waals surface area contributed by atoms with E-state index in [0.29, 0.717) is 6.61 Å². The second kappa shape index (κ2) is 4.84. The maximum Gasteiger partial charge on any atom is 0.195 e. The third kappa shape index (κ3) is 2.05. The van der Waals surface area contributed by atoms with E-state index in [1.165, 1.54) is 0 Å². The summed E-state index contributed by atoms with van der Waals surface area (Å²) in [6.45, 7) is 6.46. The highest BCUT2D eigenvalue weighted by molar-refractivity contribution is 6.03. The molecule has 90 valence electrons. The van der Waals surface area contributed by atoms with Gasteiger partial charge in [-0.2, -0.15) is 0 Å². The molecule has 1 aromatic rings. The minimum atomic E-state index is -0.691. The highest BCUT2D eigenvalue weighted by atomic mass is 16.5. The number of rotatable bonds is 4. The van der Waals surface area contributed by atoms with Crippen molar-refractivity contribution >= 4 is 5.78 Å². The van der Waals surface area contributed by atoms with E-state index in [1.807, 2.05) is 43.3 Å². The zero-order chi connectivity index (χ0) is 12.3. The van der Waals surface area contributed by atoms with E-state index in [2.05, 4.69) is 6.58 Å². The number of carbonyl (C=O) groups excluding carboxylic acids is 1. The van der Waals surface area contributed by atoms with Crippen molar-refractivity contribution in [2.45, 2.75) is 25.4 Å². The lowest BCUT2D eigenvalue weighted by molar-refractivity contribution is -0.00815. The van der Waals surface area contributed by atoms with Crippen molar-refractivity contribution < 1.29 is 9.53 Å². The van der Waals surface area contributed by atoms with Gasteiger partial charge >= 0.3 is 0 Å². The Bertz CT molecular complexity index is 402. The zero-order valence-corrected chi connectivity index (χ0v) is 10.2. The second-order valence-electron chi connectivity index (χ2n) is 4.56. The maximum atomic E-state index is 12.6. The van der Waals surface area contributed by atoms with Gasteiger partial charge in [0.2, 0.25) is 0 Å². The summed E-state index contributed by atoms with van der Waals surface area (Å²) in [6.07, 6.45) is 3.54. The van der Waals surface area contributed by atoms with E-state index in [0.717, 1.165) is 18.4 Å². The fraction of sp³-hybridized carbons (Fsp3) is 0.400. The summed E-state index contributed by atoms with van der Waals surface area (Å²) in [7, 11) is 0. The van der Waals surface area contributed by atoms with Gasteiger partial charge in [-0.3, -0.25) is 4.79 Å². The van der Waals surface area contributed by atoms with Crippen LogP contribution < -0.4 is 0 Å². The van der Waals surface area contributed by atoms with Crippen molar-refractivity contribution in [3.63, 3.8) is 0 Å². The van der Waals surface area contributed by atoms with E-state index in [1.54, 1.807) is 0 Å². The Morgan fingerprint density at radius 2 is 2.18 bits per heavy atom. The molecule has 2 rings (SSSR count). The third-order valence-electron chi connectivity index (χ3n) is 3.56. The number of ketones is 1. The van der Waals surface area contributed by atoms with Crippen LogP contribution in [0.25, 0.3) is 0 Å². The number of benzene rings is 1. The summed E-state index contributed by atoms with van der Waals surface area (Å²) in [5.74, 6) is 0.126. The lowest BCUT2D eigenvalue weighted by Gasteiger charge is -2.31. The van der Waals surface area contributed by atoms with Crippen LogP contribution in [0.3, 0.4) is 0 Å². The molecule has 1 aliphatic rings. The van der Waals surface area contributed by atoms with Crippen LogP contribution in [0.1, 0.15) is 30.1 Å². The highest BCUT2D eigenvalue weighted by Gasteiger charge is 2.46. The Balaban J connectivity index is 2.35. The van der Waals surface area contributed by atoms with Crippen LogP contribution in [0.2, 0.25) is 0 Å². The van der Waals surface area contributed by atoms with E-state index < -0.39 is 5.60 Å². The Morgan fingerprint density at radius 1 is 1.47 bits per heavy atom. The number of Topliss-reactive ketones (excluding diaryl/α,β-unsaturated/α-hetero) is 1. The molecule has 2 nitrogen and oxygen atoms in total. The predicted molar refractivity (Wildman–Crippen MR) is 68.1 cm³/mol. The fourth-order valence-corrected chi connectivity index (χ4v) is 2.43. The molecule has 1 aromatic carbocycles. The molecule has 17 heavy (non-hydrogen) atoms. The van der Waals surface area contributed by atoms with E-state index in [-0.39, 0.29) is 11.7 Å². The largest absolute Gasteiger partial charge is 0.366 e. The van der Waals surface area contributed by atoms with Crippen molar-refractivity contribution in [2.75, 3.05) is 6.61 Å². The molecular formula is C15H18O2. The van der Waals surface area contributed by atoms with Crippen LogP contribution in [-0.2, 0) is 4.74 Å². The molecular weight excluding hydrogens is 212 g/mol. The molecule has 0 aromatic heterocycles. The van der Waals surface area contributed by atoms with Crippen LogP contribution >= 0.6 is 0 Å². The van der Waals surface area contributed by atoms with Gasteiger partial charge in [0, 0.05) is 18.1 Å². The molecule has 1 aliphatic heterocycles. The second-order valence-corrected chi connectivity index (χ2v) is 4.56. The highest BCUT2D eigenvalue weighted by Crippen LogP contribution is 2.36. The van der Waals surface area contributed by atoms with Crippen LogP contribution in [0.5, 0.6) is 0 Å². The van der Waals surface area contributed by atoms with Crippen LogP contribution in [0.4, 0.5) is 0 Å². The number of hydrogen-bond donors (Lipinski definition) is 0. The SMILES string of the molecule is C=CC(C)C1(C(=O)c2ccccc2)CCCO1. The molecule has 0 N–H and O–H groups in total. The van der Waals surface area contributed by atoms with Crippen LogP contribution in [-0.4, -0.2) is 18.0 Å². The Hall–Kier alpha value is -1.41. The van der Waals surface area contributed by atoms with E-state index in [9.17, 15) is 4.79 Å². The molecule has 1 fully saturated rings. The van der Waals surface area contributed by atoms with Crippen molar-refractivity contribution in [3.8, 4) is 0 Å². The van der Waals surface area contributed by atoms with Gasteiger partial charge in [0.15, 0.2) is 5.78 Å². The summed E-state index contributed by atoms with van der Waals surface area (Å²) in [5.41, 5.74) is 0.0337. The van der Waals surface area contributed by atoms with E-state index in [4.69, 9.17) is 4.74 Å². The average Bonchev–Trinajstić information content (AvgIpc) is 2.88. The van der Waals surface area contributed by atoms with Gasteiger partial charge in [0.1, 0.15) is 5.60 Å². The summed E-state index contributed by atoms with van der Waals surface area (Å²) in [6, 6.07) is 9.38. The van der Waals surface area contributed by atoms with Gasteiger partial charge in [-0.25, -0.2) is 0 Å². The van der Waals surface area contributed by atoms with Gasteiger partial charge in [0.25, 0.3) is 0 Å². The number of carbonyl (C=O) groups is 1. The van der Waals surface area contributed by atoms with Gasteiger partial charge < -0.3 is 4.74 Å². The lowest BCUT2D eigenvalue weighted by Crippen LogP contribution is -2.43. The molecule has 0 radical (unpaired) electrons. The Kier molecular flexibility index (Phi) is 3.43. The normalized spacial score (nSPS) is 25.5. The van der Waals surface area contributed by atoms with Crippen molar-refractivity contribution in [3.05, 3.63) is 48.6 Å². The summed E-state index contributed by atoms with van der Waals surface area (Å²) >= 11 is 0. The molecule has 1 heterocycles.